The molecule has 0 bridgehead atoms. The van der Waals surface area contributed by atoms with E-state index in [4.69, 9.17) is 4.74 Å². The first-order chi connectivity index (χ1) is 10.3. The Labute approximate surface area is 129 Å². The number of rotatable bonds is 4. The molecule has 0 unspecified atom stereocenters. The Bertz CT molecular complexity index is 788. The summed E-state index contributed by atoms with van der Waals surface area (Å²) in [6.07, 6.45) is 2.79. The van der Waals surface area contributed by atoms with Crippen LogP contribution in [0.1, 0.15) is 15.9 Å². The number of halogens is 1. The Hall–Kier alpha value is -2.21. The number of benzene rings is 2. The van der Waals surface area contributed by atoms with E-state index in [0.29, 0.717) is 0 Å². The van der Waals surface area contributed by atoms with E-state index in [0.717, 1.165) is 11.6 Å². The van der Waals surface area contributed by atoms with Gasteiger partial charge in [-0.15, -0.1) is 0 Å². The summed E-state index contributed by atoms with van der Waals surface area (Å²) >= 11 is 0. The minimum atomic E-state index is -2.51. The van der Waals surface area contributed by atoms with Crippen molar-refractivity contribution in [2.24, 2.45) is 4.36 Å². The summed E-state index contributed by atoms with van der Waals surface area (Å²) < 4.78 is 34.3. The van der Waals surface area contributed by atoms with Crippen molar-refractivity contribution in [3.05, 3.63) is 65.5 Å². The molecule has 0 fully saturated rings. The zero-order valence-electron chi connectivity index (χ0n) is 12.3. The van der Waals surface area contributed by atoms with Crippen LogP contribution in [-0.2, 0) is 21.1 Å². The zero-order valence-corrected chi connectivity index (χ0v) is 13.1. The van der Waals surface area contributed by atoms with Crippen LogP contribution in [0.25, 0.3) is 0 Å². The van der Waals surface area contributed by atoms with E-state index in [1.165, 1.54) is 24.6 Å². The fraction of sp³-hybridized carbons (Fsp3) is 0.188. The molecule has 0 aromatic heterocycles. The molecule has 0 N–H and O–H groups in total. The summed E-state index contributed by atoms with van der Waals surface area (Å²) in [6.45, 7) is 0.127. The van der Waals surface area contributed by atoms with Crippen molar-refractivity contribution in [3.63, 3.8) is 0 Å². The first-order valence-electron chi connectivity index (χ1n) is 6.53. The molecule has 0 radical (unpaired) electrons. The van der Waals surface area contributed by atoms with Crippen molar-refractivity contribution >= 4 is 21.4 Å². The van der Waals surface area contributed by atoms with E-state index in [9.17, 15) is 13.4 Å². The lowest BCUT2D eigenvalue weighted by molar-refractivity contribution is 0.0472. The lowest BCUT2D eigenvalue weighted by atomic mass is 10.2. The number of hydrogen-bond acceptors (Lipinski definition) is 4. The number of carbonyl (C=O) groups excluding carboxylic acids is 1. The molecule has 6 heteroatoms. The van der Waals surface area contributed by atoms with Gasteiger partial charge in [0.25, 0.3) is 0 Å². The van der Waals surface area contributed by atoms with Crippen LogP contribution in [0.5, 0.6) is 0 Å². The van der Waals surface area contributed by atoms with Gasteiger partial charge in [-0.1, -0.05) is 30.3 Å². The second-order valence-corrected chi connectivity index (χ2v) is 7.55. The summed E-state index contributed by atoms with van der Waals surface area (Å²) in [7, 11) is -2.51. The molecule has 0 aliphatic carbocycles. The monoisotopic (exact) mass is 321 g/mol. The molecule has 0 atom stereocenters. The predicted octanol–water partition coefficient (Wildman–Crippen LogP) is 3.54. The highest BCUT2D eigenvalue weighted by Gasteiger charge is 2.11. The molecular weight excluding hydrogens is 305 g/mol. The van der Waals surface area contributed by atoms with Crippen LogP contribution in [0, 0.1) is 5.82 Å². The third-order valence-corrected chi connectivity index (χ3v) is 3.35. The average molecular weight is 321 g/mol. The molecule has 2 aromatic rings. The van der Waals surface area contributed by atoms with Crippen LogP contribution < -0.4 is 0 Å². The van der Waals surface area contributed by atoms with Crippen LogP contribution in [-0.4, -0.2) is 22.7 Å². The predicted molar refractivity (Wildman–Crippen MR) is 84.0 cm³/mol. The standard InChI is InChI=1S/C16H16FNO3S/c1-22(2,20)18-15-10-13(8-9-14(15)17)16(19)21-11-12-6-4-3-5-7-12/h3-10H,11H2,1-2H3. The van der Waals surface area contributed by atoms with E-state index < -0.39 is 21.5 Å². The fourth-order valence-electron chi connectivity index (χ4n) is 1.75. The Balaban J connectivity index is 2.17. The van der Waals surface area contributed by atoms with Crippen molar-refractivity contribution in [2.75, 3.05) is 12.5 Å². The van der Waals surface area contributed by atoms with Crippen molar-refractivity contribution in [3.8, 4) is 0 Å². The third-order valence-electron chi connectivity index (χ3n) is 2.71. The molecule has 0 amide bonds. The van der Waals surface area contributed by atoms with E-state index in [-0.39, 0.29) is 17.9 Å². The normalized spacial score (nSPS) is 11.0. The lowest BCUT2D eigenvalue weighted by Gasteiger charge is -2.06. The molecule has 0 heterocycles. The number of carbonyl (C=O) groups is 1. The average Bonchev–Trinajstić information content (AvgIpc) is 2.47. The smallest absolute Gasteiger partial charge is 0.338 e. The van der Waals surface area contributed by atoms with Gasteiger partial charge in [0.1, 0.15) is 18.1 Å². The van der Waals surface area contributed by atoms with E-state index in [2.05, 4.69) is 4.36 Å². The van der Waals surface area contributed by atoms with Crippen LogP contribution in [0.4, 0.5) is 10.1 Å². The van der Waals surface area contributed by atoms with Gasteiger partial charge in [0, 0.05) is 22.2 Å². The van der Waals surface area contributed by atoms with E-state index in [1.807, 2.05) is 30.3 Å². The fourth-order valence-corrected chi connectivity index (χ4v) is 2.37. The maximum absolute atomic E-state index is 13.6. The summed E-state index contributed by atoms with van der Waals surface area (Å²) in [5, 5.41) is 0. The number of esters is 1. The number of ether oxygens (including phenoxy) is 1. The lowest BCUT2D eigenvalue weighted by Crippen LogP contribution is -2.05. The van der Waals surface area contributed by atoms with Crippen molar-refractivity contribution in [1.29, 1.82) is 0 Å². The Morgan fingerprint density at radius 3 is 2.50 bits per heavy atom. The summed E-state index contributed by atoms with van der Waals surface area (Å²) in [5.74, 6) is -1.21. The molecule has 22 heavy (non-hydrogen) atoms. The van der Waals surface area contributed by atoms with Gasteiger partial charge in [0.15, 0.2) is 0 Å². The minimum absolute atomic E-state index is 0.107. The van der Waals surface area contributed by atoms with Gasteiger partial charge >= 0.3 is 5.97 Å². The minimum Gasteiger partial charge on any atom is -0.457 e. The molecular formula is C16H16FNO3S. The maximum Gasteiger partial charge on any atom is 0.338 e. The van der Waals surface area contributed by atoms with Crippen LogP contribution in [0.2, 0.25) is 0 Å². The van der Waals surface area contributed by atoms with Gasteiger partial charge in [0.05, 0.1) is 5.56 Å². The van der Waals surface area contributed by atoms with Crippen molar-refractivity contribution < 1.29 is 18.1 Å². The molecule has 0 spiro atoms. The van der Waals surface area contributed by atoms with E-state index >= 15 is 0 Å². The van der Waals surface area contributed by atoms with E-state index in [1.54, 1.807) is 0 Å². The van der Waals surface area contributed by atoms with Crippen molar-refractivity contribution in [2.45, 2.75) is 6.61 Å². The summed E-state index contributed by atoms with van der Waals surface area (Å²) in [4.78, 5) is 12.0. The number of hydrogen-bond donors (Lipinski definition) is 0. The van der Waals surface area contributed by atoms with Crippen LogP contribution in [0.15, 0.2) is 52.9 Å². The van der Waals surface area contributed by atoms with Gasteiger partial charge in [0.2, 0.25) is 0 Å². The van der Waals surface area contributed by atoms with Gasteiger partial charge < -0.3 is 4.74 Å². The summed E-state index contributed by atoms with van der Waals surface area (Å²) in [5.41, 5.74) is 0.914. The quantitative estimate of drug-likeness (QED) is 0.809. The SMILES string of the molecule is CS(C)(=O)=Nc1cc(C(=O)OCc2ccccc2)ccc1F. The van der Waals surface area contributed by atoms with Gasteiger partial charge in [-0.25, -0.2) is 13.4 Å². The number of nitrogens with zero attached hydrogens (tertiary/aromatic N) is 1. The molecule has 2 rings (SSSR count). The van der Waals surface area contributed by atoms with Gasteiger partial charge in [-0.2, -0.15) is 4.36 Å². The van der Waals surface area contributed by atoms with Crippen molar-refractivity contribution in [1.82, 2.24) is 0 Å². The van der Waals surface area contributed by atoms with Crippen LogP contribution in [0.3, 0.4) is 0 Å². The second-order valence-electron chi connectivity index (χ2n) is 5.00. The Morgan fingerprint density at radius 2 is 1.86 bits per heavy atom. The second kappa shape index (κ2) is 6.70. The molecule has 116 valence electrons. The zero-order chi connectivity index (χ0) is 16.2. The molecule has 0 aliphatic heterocycles. The third kappa shape index (κ3) is 4.66. The van der Waals surface area contributed by atoms with Crippen LogP contribution >= 0.6 is 0 Å². The first-order valence-corrected chi connectivity index (χ1v) is 8.86. The first kappa shape index (κ1) is 16.2. The molecule has 0 aliphatic rings. The maximum atomic E-state index is 13.6. The highest BCUT2D eigenvalue weighted by Crippen LogP contribution is 2.21. The molecule has 2 aromatic carbocycles. The summed E-state index contributed by atoms with van der Waals surface area (Å²) in [6, 6.07) is 12.9. The van der Waals surface area contributed by atoms with Gasteiger partial charge in [-0.05, 0) is 23.8 Å². The highest BCUT2D eigenvalue weighted by molar-refractivity contribution is 7.92. The molecule has 0 saturated heterocycles. The topological polar surface area (TPSA) is 55.7 Å². The van der Waals surface area contributed by atoms with Gasteiger partial charge in [-0.3, -0.25) is 0 Å². The highest BCUT2D eigenvalue weighted by atomic mass is 32.2. The Morgan fingerprint density at radius 1 is 1.18 bits per heavy atom. The molecule has 0 saturated carbocycles. The largest absolute Gasteiger partial charge is 0.457 e. The molecule has 4 nitrogen and oxygen atoms in total. The Kier molecular flexibility index (Phi) is 4.92.